The predicted octanol–water partition coefficient (Wildman–Crippen LogP) is 3.61. The number of hydrogen-bond donors (Lipinski definition) is 0. The minimum absolute atomic E-state index is 0.409. The molecular formula is C12H20S2Te2. The van der Waals surface area contributed by atoms with Crippen molar-refractivity contribution in [3.63, 3.8) is 0 Å². The molecule has 0 nitrogen and oxygen atoms in total. The van der Waals surface area contributed by atoms with Crippen molar-refractivity contribution in [2.75, 3.05) is 11.5 Å². The van der Waals surface area contributed by atoms with Gasteiger partial charge in [-0.25, -0.2) is 0 Å². The molecule has 1 saturated carbocycles. The van der Waals surface area contributed by atoms with Crippen LogP contribution in [0.4, 0.5) is 0 Å². The van der Waals surface area contributed by atoms with Gasteiger partial charge in [-0.3, -0.25) is 0 Å². The van der Waals surface area contributed by atoms with E-state index in [0.29, 0.717) is 41.8 Å². The second-order valence-electron chi connectivity index (χ2n) is 4.98. The van der Waals surface area contributed by atoms with Crippen molar-refractivity contribution in [2.45, 2.75) is 53.1 Å². The van der Waals surface area contributed by atoms with Gasteiger partial charge in [0.25, 0.3) is 0 Å². The van der Waals surface area contributed by atoms with Crippen LogP contribution in [0.15, 0.2) is 0 Å². The standard InChI is InChI=1S/C12H20S2Te2/c1-2-12(16-8-10-6-14-10)4-3-11(1)15-7-9-5-13-9/h9-12H,1-8H2. The fourth-order valence-corrected chi connectivity index (χ4v) is 13.4. The van der Waals surface area contributed by atoms with E-state index in [4.69, 9.17) is 0 Å². The molecule has 3 aliphatic rings. The molecule has 92 valence electrons. The van der Waals surface area contributed by atoms with Gasteiger partial charge in [0.15, 0.2) is 0 Å². The fourth-order valence-electron chi connectivity index (χ4n) is 2.18. The molecule has 2 aliphatic heterocycles. The monoisotopic (exact) mass is 488 g/mol. The Kier molecular flexibility index (Phi) is 5.50. The zero-order valence-corrected chi connectivity index (χ0v) is 15.9. The summed E-state index contributed by atoms with van der Waals surface area (Å²) in [5.41, 5.74) is 0. The van der Waals surface area contributed by atoms with E-state index < -0.39 is 0 Å². The molecule has 3 fully saturated rings. The van der Waals surface area contributed by atoms with Crippen molar-refractivity contribution in [3.05, 3.63) is 0 Å². The van der Waals surface area contributed by atoms with Gasteiger partial charge >= 0.3 is 130 Å². The summed E-state index contributed by atoms with van der Waals surface area (Å²) in [6, 6.07) is 0. The van der Waals surface area contributed by atoms with Gasteiger partial charge < -0.3 is 0 Å². The summed E-state index contributed by atoms with van der Waals surface area (Å²) in [6.07, 6.45) is 6.58. The van der Waals surface area contributed by atoms with E-state index in [1.807, 2.05) is 0 Å². The first kappa shape index (κ1) is 13.3. The molecule has 4 heteroatoms. The van der Waals surface area contributed by atoms with E-state index in [1.165, 1.54) is 19.4 Å². The van der Waals surface area contributed by atoms with Crippen LogP contribution >= 0.6 is 23.5 Å². The van der Waals surface area contributed by atoms with E-state index in [-0.39, 0.29) is 0 Å². The van der Waals surface area contributed by atoms with Gasteiger partial charge in [-0.05, 0) is 0 Å². The summed E-state index contributed by atoms with van der Waals surface area (Å²) in [5, 5.41) is 2.28. The van der Waals surface area contributed by atoms with Crippen molar-refractivity contribution in [2.24, 2.45) is 0 Å². The molecule has 3 rings (SSSR count). The number of rotatable bonds is 6. The summed E-state index contributed by atoms with van der Waals surface area (Å²) >= 11 is 5.24. The zero-order chi connectivity index (χ0) is 10.8. The van der Waals surface area contributed by atoms with Crippen LogP contribution in [0.3, 0.4) is 0 Å². The normalized spacial score (nSPS) is 42.0. The Hall–Kier alpha value is 2.28. The average Bonchev–Trinajstić information content (AvgIpc) is 3.17. The van der Waals surface area contributed by atoms with E-state index in [9.17, 15) is 0 Å². The molecule has 2 heterocycles. The topological polar surface area (TPSA) is 0 Å². The van der Waals surface area contributed by atoms with Gasteiger partial charge in [-0.2, -0.15) is 0 Å². The minimum atomic E-state index is 0.409. The van der Waals surface area contributed by atoms with Gasteiger partial charge in [0.1, 0.15) is 0 Å². The second-order valence-corrected chi connectivity index (χ2v) is 15.3. The van der Waals surface area contributed by atoms with Crippen LogP contribution in [-0.2, 0) is 0 Å². The third-order valence-corrected chi connectivity index (χ3v) is 15.5. The first-order valence-corrected chi connectivity index (χ1v) is 14.4. The summed E-state index contributed by atoms with van der Waals surface area (Å²) in [6.45, 7) is 0. The van der Waals surface area contributed by atoms with Gasteiger partial charge in [0.05, 0.1) is 0 Å². The molecule has 0 bridgehead atoms. The van der Waals surface area contributed by atoms with Crippen molar-refractivity contribution in [1.82, 2.24) is 0 Å². The fraction of sp³-hybridized carbons (Fsp3) is 1.00. The molecule has 2 saturated heterocycles. The molecule has 2 atom stereocenters. The van der Waals surface area contributed by atoms with Gasteiger partial charge in [-0.1, -0.05) is 0 Å². The third kappa shape index (κ3) is 4.75. The molecule has 0 radical (unpaired) electrons. The maximum absolute atomic E-state index is 2.21. The second kappa shape index (κ2) is 6.63. The van der Waals surface area contributed by atoms with Crippen LogP contribution in [-0.4, -0.2) is 63.9 Å². The van der Waals surface area contributed by atoms with Crippen molar-refractivity contribution >= 4 is 65.4 Å². The quantitative estimate of drug-likeness (QED) is 0.418. The molecule has 0 amide bonds. The van der Waals surface area contributed by atoms with Crippen LogP contribution < -0.4 is 0 Å². The van der Waals surface area contributed by atoms with Gasteiger partial charge in [-0.15, -0.1) is 0 Å². The summed E-state index contributed by atoms with van der Waals surface area (Å²) in [7, 11) is 0. The Bertz CT molecular complexity index is 197. The van der Waals surface area contributed by atoms with Gasteiger partial charge in [0, 0.05) is 0 Å². The molecule has 0 spiro atoms. The molecule has 2 unspecified atom stereocenters. The maximum atomic E-state index is 2.21. The predicted molar refractivity (Wildman–Crippen MR) is 79.6 cm³/mol. The van der Waals surface area contributed by atoms with Gasteiger partial charge in [0.2, 0.25) is 0 Å². The molecule has 0 aromatic heterocycles. The third-order valence-electron chi connectivity index (χ3n) is 3.46. The van der Waals surface area contributed by atoms with Crippen molar-refractivity contribution in [3.8, 4) is 0 Å². The van der Waals surface area contributed by atoms with Crippen LogP contribution in [0.25, 0.3) is 0 Å². The Balaban J connectivity index is 1.28. The van der Waals surface area contributed by atoms with Crippen molar-refractivity contribution < 1.29 is 0 Å². The number of hydrogen-bond acceptors (Lipinski definition) is 2. The molecule has 1 aliphatic carbocycles. The Morgan fingerprint density at radius 2 is 1.12 bits per heavy atom. The zero-order valence-electron chi connectivity index (χ0n) is 9.60. The first-order valence-electron chi connectivity index (χ1n) is 6.36. The van der Waals surface area contributed by atoms with Crippen LogP contribution in [0.1, 0.15) is 25.7 Å². The van der Waals surface area contributed by atoms with Crippen LogP contribution in [0, 0.1) is 0 Å². The Morgan fingerprint density at radius 1 is 0.750 bits per heavy atom. The Morgan fingerprint density at radius 3 is 1.44 bits per heavy atom. The molecule has 0 aromatic rings. The summed E-state index contributed by atoms with van der Waals surface area (Å²) < 4.78 is 5.84. The molecule has 16 heavy (non-hydrogen) atoms. The Labute approximate surface area is 128 Å². The SMILES string of the molecule is C1SC1C[Te]C1CCC([Te]CC2CS2)CC1. The summed E-state index contributed by atoms with van der Waals surface area (Å²) in [4.78, 5) is 0. The molecular weight excluding hydrogens is 463 g/mol. The van der Waals surface area contributed by atoms with E-state index in [1.54, 1.807) is 34.6 Å². The molecule has 0 aromatic carbocycles. The average molecular weight is 484 g/mol. The molecule has 0 N–H and O–H groups in total. The summed E-state index contributed by atoms with van der Waals surface area (Å²) in [5.74, 6) is 3.01. The van der Waals surface area contributed by atoms with E-state index in [2.05, 4.69) is 23.5 Å². The van der Waals surface area contributed by atoms with E-state index in [0.717, 1.165) is 10.5 Å². The first-order chi connectivity index (χ1) is 7.90. The van der Waals surface area contributed by atoms with Crippen molar-refractivity contribution in [1.29, 1.82) is 0 Å². The van der Waals surface area contributed by atoms with Crippen LogP contribution in [0.2, 0.25) is 16.9 Å². The van der Waals surface area contributed by atoms with Crippen LogP contribution in [0.5, 0.6) is 0 Å². The number of thioether (sulfide) groups is 2. The van der Waals surface area contributed by atoms with E-state index >= 15 is 0 Å².